The fourth-order valence-corrected chi connectivity index (χ4v) is 1.50. The van der Waals surface area contributed by atoms with E-state index in [1.807, 2.05) is 6.92 Å². The lowest BCUT2D eigenvalue weighted by molar-refractivity contribution is -0.384. The molecule has 0 aliphatic rings. The fourth-order valence-electron chi connectivity index (χ4n) is 1.50. The molecule has 104 valence electrons. The van der Waals surface area contributed by atoms with Crippen LogP contribution in [0.3, 0.4) is 0 Å². The van der Waals surface area contributed by atoms with Crippen LogP contribution in [0.5, 0.6) is 0 Å². The molecule has 0 fully saturated rings. The molecule has 1 aromatic rings. The van der Waals surface area contributed by atoms with Gasteiger partial charge in [-0.15, -0.1) is 0 Å². The molecule has 0 radical (unpaired) electrons. The SMILES string of the molecule is CCOCCN(C)C(=O)c1cc([N+](=O)[O-])ccc1N. The average Bonchev–Trinajstić information content (AvgIpc) is 2.38. The molecule has 0 bridgehead atoms. The van der Waals surface area contributed by atoms with Crippen molar-refractivity contribution in [1.82, 2.24) is 4.90 Å². The number of nitrogen functional groups attached to an aromatic ring is 1. The van der Waals surface area contributed by atoms with Crippen LogP contribution in [0.1, 0.15) is 17.3 Å². The monoisotopic (exact) mass is 267 g/mol. The van der Waals surface area contributed by atoms with Gasteiger partial charge in [-0.05, 0) is 13.0 Å². The van der Waals surface area contributed by atoms with Crippen molar-refractivity contribution in [3.63, 3.8) is 0 Å². The molecule has 0 unspecified atom stereocenters. The highest BCUT2D eigenvalue weighted by Crippen LogP contribution is 2.20. The maximum atomic E-state index is 12.1. The van der Waals surface area contributed by atoms with Gasteiger partial charge in [0.05, 0.1) is 17.1 Å². The molecule has 0 heterocycles. The van der Waals surface area contributed by atoms with E-state index in [0.29, 0.717) is 19.8 Å². The third-order valence-corrected chi connectivity index (χ3v) is 2.60. The Kier molecular flexibility index (Phi) is 5.25. The Hall–Kier alpha value is -2.15. The molecule has 2 N–H and O–H groups in total. The highest BCUT2D eigenvalue weighted by atomic mass is 16.6. The number of ether oxygens (including phenoxy) is 1. The number of nitro groups is 1. The average molecular weight is 267 g/mol. The molecule has 0 aromatic heterocycles. The molecule has 0 spiro atoms. The summed E-state index contributed by atoms with van der Waals surface area (Å²) in [5.41, 5.74) is 5.88. The van der Waals surface area contributed by atoms with E-state index < -0.39 is 4.92 Å². The number of likely N-dealkylation sites (N-methyl/N-ethyl adjacent to an activating group) is 1. The summed E-state index contributed by atoms with van der Waals surface area (Å²) in [5, 5.41) is 10.7. The van der Waals surface area contributed by atoms with E-state index in [9.17, 15) is 14.9 Å². The molecule has 1 aromatic carbocycles. The van der Waals surface area contributed by atoms with Crippen LogP contribution >= 0.6 is 0 Å². The maximum absolute atomic E-state index is 12.1. The van der Waals surface area contributed by atoms with E-state index in [1.54, 1.807) is 7.05 Å². The second-order valence-electron chi connectivity index (χ2n) is 3.95. The number of rotatable bonds is 6. The molecule has 19 heavy (non-hydrogen) atoms. The first-order valence-corrected chi connectivity index (χ1v) is 5.84. The van der Waals surface area contributed by atoms with Crippen LogP contribution in [0.4, 0.5) is 11.4 Å². The van der Waals surface area contributed by atoms with Gasteiger partial charge in [0.1, 0.15) is 0 Å². The summed E-state index contributed by atoms with van der Waals surface area (Å²) < 4.78 is 5.15. The molecule has 1 amide bonds. The van der Waals surface area contributed by atoms with Crippen molar-refractivity contribution in [2.75, 3.05) is 32.5 Å². The van der Waals surface area contributed by atoms with Crippen LogP contribution < -0.4 is 5.73 Å². The predicted octanol–water partition coefficient (Wildman–Crippen LogP) is 1.29. The summed E-state index contributed by atoms with van der Waals surface area (Å²) in [5.74, 6) is -0.360. The lowest BCUT2D eigenvalue weighted by atomic mass is 10.1. The number of benzene rings is 1. The molecule has 0 atom stereocenters. The van der Waals surface area contributed by atoms with Gasteiger partial charge in [0, 0.05) is 38.0 Å². The van der Waals surface area contributed by atoms with Gasteiger partial charge in [-0.25, -0.2) is 0 Å². The first-order valence-electron chi connectivity index (χ1n) is 5.84. The highest BCUT2D eigenvalue weighted by molar-refractivity contribution is 5.99. The quantitative estimate of drug-likeness (QED) is 0.362. The number of hydrogen-bond acceptors (Lipinski definition) is 5. The van der Waals surface area contributed by atoms with Gasteiger partial charge >= 0.3 is 0 Å². The number of carbonyl (C=O) groups excluding carboxylic acids is 1. The van der Waals surface area contributed by atoms with E-state index >= 15 is 0 Å². The van der Waals surface area contributed by atoms with E-state index in [-0.39, 0.29) is 22.8 Å². The molecule has 0 saturated heterocycles. The Labute approximate surface area is 111 Å². The number of nitro benzene ring substituents is 1. The Morgan fingerprint density at radius 2 is 2.21 bits per heavy atom. The van der Waals surface area contributed by atoms with Crippen molar-refractivity contribution >= 4 is 17.3 Å². The molecule has 0 saturated carbocycles. The zero-order valence-corrected chi connectivity index (χ0v) is 11.0. The van der Waals surface area contributed by atoms with Gasteiger partial charge in [0.15, 0.2) is 0 Å². The summed E-state index contributed by atoms with van der Waals surface area (Å²) in [4.78, 5) is 23.7. The minimum Gasteiger partial charge on any atom is -0.398 e. The lowest BCUT2D eigenvalue weighted by Crippen LogP contribution is -2.30. The van der Waals surface area contributed by atoms with Gasteiger partial charge < -0.3 is 15.4 Å². The Balaban J connectivity index is 2.86. The summed E-state index contributed by atoms with van der Waals surface area (Å²) in [6, 6.07) is 3.82. The van der Waals surface area contributed by atoms with Crippen LogP contribution in [0.25, 0.3) is 0 Å². The minimum absolute atomic E-state index is 0.133. The van der Waals surface area contributed by atoms with E-state index in [1.165, 1.54) is 23.1 Å². The lowest BCUT2D eigenvalue weighted by Gasteiger charge is -2.17. The second kappa shape index (κ2) is 6.69. The molecule has 0 aliphatic carbocycles. The van der Waals surface area contributed by atoms with Gasteiger partial charge in [0.2, 0.25) is 0 Å². The van der Waals surface area contributed by atoms with Crippen molar-refractivity contribution in [1.29, 1.82) is 0 Å². The van der Waals surface area contributed by atoms with Crippen LogP contribution in [0, 0.1) is 10.1 Å². The third-order valence-electron chi connectivity index (χ3n) is 2.60. The maximum Gasteiger partial charge on any atom is 0.270 e. The van der Waals surface area contributed by atoms with Crippen LogP contribution in [-0.4, -0.2) is 42.5 Å². The molecule has 1 rings (SSSR count). The minimum atomic E-state index is -0.559. The number of hydrogen-bond donors (Lipinski definition) is 1. The fraction of sp³-hybridized carbons (Fsp3) is 0.417. The van der Waals surface area contributed by atoms with Crippen molar-refractivity contribution in [2.24, 2.45) is 0 Å². The molecular formula is C12H17N3O4. The van der Waals surface area contributed by atoms with Crippen molar-refractivity contribution in [3.8, 4) is 0 Å². The molecule has 7 nitrogen and oxygen atoms in total. The summed E-state index contributed by atoms with van der Waals surface area (Å²) in [7, 11) is 1.60. The van der Waals surface area contributed by atoms with Crippen LogP contribution in [-0.2, 0) is 4.74 Å². The van der Waals surface area contributed by atoms with Crippen LogP contribution in [0.15, 0.2) is 18.2 Å². The van der Waals surface area contributed by atoms with Gasteiger partial charge in [0.25, 0.3) is 11.6 Å². The van der Waals surface area contributed by atoms with E-state index in [2.05, 4.69) is 0 Å². The van der Waals surface area contributed by atoms with Gasteiger partial charge in [-0.3, -0.25) is 14.9 Å². The van der Waals surface area contributed by atoms with Crippen molar-refractivity contribution in [3.05, 3.63) is 33.9 Å². The largest absolute Gasteiger partial charge is 0.398 e. The zero-order chi connectivity index (χ0) is 14.4. The van der Waals surface area contributed by atoms with E-state index in [0.717, 1.165) is 0 Å². The number of anilines is 1. The smallest absolute Gasteiger partial charge is 0.270 e. The Morgan fingerprint density at radius 1 is 1.53 bits per heavy atom. The normalized spacial score (nSPS) is 10.2. The number of carbonyl (C=O) groups is 1. The Morgan fingerprint density at radius 3 is 2.79 bits per heavy atom. The van der Waals surface area contributed by atoms with E-state index in [4.69, 9.17) is 10.5 Å². The standard InChI is InChI=1S/C12H17N3O4/c1-3-19-7-6-14(2)12(16)10-8-9(15(17)18)4-5-11(10)13/h4-5,8H,3,6-7,13H2,1-2H3. The summed E-state index contributed by atoms with van der Waals surface area (Å²) in [6.07, 6.45) is 0. The first kappa shape index (κ1) is 14.9. The molecule has 0 aliphatic heterocycles. The highest BCUT2D eigenvalue weighted by Gasteiger charge is 2.18. The van der Waals surface area contributed by atoms with Gasteiger partial charge in [-0.1, -0.05) is 0 Å². The van der Waals surface area contributed by atoms with Crippen molar-refractivity contribution in [2.45, 2.75) is 6.92 Å². The summed E-state index contributed by atoms with van der Waals surface area (Å²) >= 11 is 0. The number of non-ortho nitro benzene ring substituents is 1. The molecule has 7 heteroatoms. The van der Waals surface area contributed by atoms with Crippen LogP contribution in [0.2, 0.25) is 0 Å². The predicted molar refractivity (Wildman–Crippen MR) is 71.0 cm³/mol. The van der Waals surface area contributed by atoms with Gasteiger partial charge in [-0.2, -0.15) is 0 Å². The zero-order valence-electron chi connectivity index (χ0n) is 11.0. The summed E-state index contributed by atoms with van der Waals surface area (Å²) in [6.45, 7) is 3.24. The number of nitrogens with zero attached hydrogens (tertiary/aromatic N) is 2. The molecular weight excluding hydrogens is 250 g/mol. The topological polar surface area (TPSA) is 98.7 Å². The Bertz CT molecular complexity index is 476. The number of nitrogens with two attached hydrogens (primary N) is 1. The second-order valence-corrected chi connectivity index (χ2v) is 3.95. The first-order chi connectivity index (χ1) is 8.97. The number of amides is 1. The van der Waals surface area contributed by atoms with Crippen molar-refractivity contribution < 1.29 is 14.5 Å². The third kappa shape index (κ3) is 3.92.